The standard InChI is InChI=1S/C21H25FN2O2.ClH/c1-3-15-4-7-17(8-5-15)19-14-23-10-11-24(19)21(25)13-16-6-9-20(26-2)18(22)12-16;/h4-9,12,19,23H,3,10-11,13-14H2,1-2H3;1H. The van der Waals surface area contributed by atoms with Gasteiger partial charge in [0, 0.05) is 19.6 Å². The average Bonchev–Trinajstić information content (AvgIpc) is 2.68. The highest BCUT2D eigenvalue weighted by molar-refractivity contribution is 5.85. The second-order valence-electron chi connectivity index (χ2n) is 6.55. The van der Waals surface area contributed by atoms with Gasteiger partial charge in [-0.2, -0.15) is 0 Å². The van der Waals surface area contributed by atoms with Crippen LogP contribution >= 0.6 is 12.4 Å². The molecule has 1 unspecified atom stereocenters. The molecular weight excluding hydrogens is 367 g/mol. The molecule has 0 aliphatic carbocycles. The van der Waals surface area contributed by atoms with E-state index in [4.69, 9.17) is 4.74 Å². The van der Waals surface area contributed by atoms with Crippen molar-refractivity contribution >= 4 is 18.3 Å². The predicted molar refractivity (Wildman–Crippen MR) is 107 cm³/mol. The van der Waals surface area contributed by atoms with Crippen LogP contribution in [0.3, 0.4) is 0 Å². The van der Waals surface area contributed by atoms with E-state index >= 15 is 0 Å². The maximum Gasteiger partial charge on any atom is 0.227 e. The van der Waals surface area contributed by atoms with Crippen LogP contribution in [0, 0.1) is 5.82 Å². The lowest BCUT2D eigenvalue weighted by molar-refractivity contribution is -0.133. The molecule has 1 aliphatic heterocycles. The topological polar surface area (TPSA) is 41.6 Å². The van der Waals surface area contributed by atoms with Crippen LogP contribution in [0.15, 0.2) is 42.5 Å². The van der Waals surface area contributed by atoms with Crippen molar-refractivity contribution in [2.45, 2.75) is 25.8 Å². The summed E-state index contributed by atoms with van der Waals surface area (Å²) in [6.07, 6.45) is 1.18. The van der Waals surface area contributed by atoms with Gasteiger partial charge in [0.25, 0.3) is 0 Å². The molecule has 1 amide bonds. The summed E-state index contributed by atoms with van der Waals surface area (Å²) < 4.78 is 18.8. The molecule has 1 saturated heterocycles. The van der Waals surface area contributed by atoms with Gasteiger partial charge in [-0.05, 0) is 35.2 Å². The van der Waals surface area contributed by atoms with Crippen LogP contribution in [-0.4, -0.2) is 37.6 Å². The van der Waals surface area contributed by atoms with Crippen molar-refractivity contribution in [2.75, 3.05) is 26.7 Å². The van der Waals surface area contributed by atoms with E-state index in [0.29, 0.717) is 12.1 Å². The Labute approximate surface area is 166 Å². The molecule has 6 heteroatoms. The summed E-state index contributed by atoms with van der Waals surface area (Å²) in [5, 5.41) is 3.36. The molecule has 1 fully saturated rings. The van der Waals surface area contributed by atoms with Crippen LogP contribution in [0.2, 0.25) is 0 Å². The highest BCUT2D eigenvalue weighted by atomic mass is 35.5. The fraction of sp³-hybridized carbons (Fsp3) is 0.381. The van der Waals surface area contributed by atoms with Crippen molar-refractivity contribution in [3.63, 3.8) is 0 Å². The number of methoxy groups -OCH3 is 1. The van der Waals surface area contributed by atoms with Crippen LogP contribution in [0.25, 0.3) is 0 Å². The number of aryl methyl sites for hydroxylation is 1. The third kappa shape index (κ3) is 4.99. The summed E-state index contributed by atoms with van der Waals surface area (Å²) >= 11 is 0. The largest absolute Gasteiger partial charge is 0.494 e. The first kappa shape index (κ1) is 21.2. The van der Waals surface area contributed by atoms with Gasteiger partial charge in [-0.15, -0.1) is 12.4 Å². The summed E-state index contributed by atoms with van der Waals surface area (Å²) in [5.41, 5.74) is 3.07. The SMILES string of the molecule is CCc1ccc(C2CNCCN2C(=O)Cc2ccc(OC)c(F)c2)cc1.Cl. The van der Waals surface area contributed by atoms with Crippen molar-refractivity contribution in [2.24, 2.45) is 0 Å². The highest BCUT2D eigenvalue weighted by Crippen LogP contribution is 2.25. The fourth-order valence-electron chi connectivity index (χ4n) is 3.37. The number of ether oxygens (including phenoxy) is 1. The van der Waals surface area contributed by atoms with Crippen molar-refractivity contribution < 1.29 is 13.9 Å². The third-order valence-corrected chi connectivity index (χ3v) is 4.91. The Balaban J connectivity index is 0.00000261. The van der Waals surface area contributed by atoms with Gasteiger partial charge >= 0.3 is 0 Å². The Morgan fingerprint density at radius 2 is 1.93 bits per heavy atom. The average molecular weight is 393 g/mol. The highest BCUT2D eigenvalue weighted by Gasteiger charge is 2.27. The number of piperazine rings is 1. The van der Waals surface area contributed by atoms with E-state index in [2.05, 4.69) is 36.5 Å². The first-order valence-corrected chi connectivity index (χ1v) is 9.03. The van der Waals surface area contributed by atoms with Crippen LogP contribution in [0.5, 0.6) is 5.75 Å². The summed E-state index contributed by atoms with van der Waals surface area (Å²) in [7, 11) is 1.43. The second kappa shape index (κ2) is 9.72. The normalized spacial score (nSPS) is 16.6. The lowest BCUT2D eigenvalue weighted by atomic mass is 10.00. The predicted octanol–water partition coefficient (Wildman–Crippen LogP) is 3.53. The van der Waals surface area contributed by atoms with Crippen LogP contribution in [-0.2, 0) is 17.6 Å². The number of halogens is 2. The molecule has 2 aromatic carbocycles. The molecule has 0 radical (unpaired) electrons. The Kier molecular flexibility index (Phi) is 7.63. The van der Waals surface area contributed by atoms with Gasteiger partial charge in [0.1, 0.15) is 0 Å². The van der Waals surface area contributed by atoms with E-state index < -0.39 is 5.82 Å². The molecule has 4 nitrogen and oxygen atoms in total. The number of benzene rings is 2. The second-order valence-corrected chi connectivity index (χ2v) is 6.55. The number of hydrogen-bond acceptors (Lipinski definition) is 3. The zero-order valence-corrected chi connectivity index (χ0v) is 16.5. The van der Waals surface area contributed by atoms with Crippen LogP contribution in [0.4, 0.5) is 4.39 Å². The van der Waals surface area contributed by atoms with Crippen molar-refractivity contribution in [3.05, 3.63) is 65.0 Å². The molecule has 27 heavy (non-hydrogen) atoms. The number of nitrogens with one attached hydrogen (secondary N) is 1. The number of rotatable bonds is 5. The molecule has 2 aromatic rings. The number of carbonyl (C=O) groups excluding carboxylic acids is 1. The molecule has 146 valence electrons. The van der Waals surface area contributed by atoms with Crippen LogP contribution in [0.1, 0.15) is 29.7 Å². The maximum atomic E-state index is 13.9. The molecule has 0 aromatic heterocycles. The maximum absolute atomic E-state index is 13.9. The minimum Gasteiger partial charge on any atom is -0.494 e. The molecule has 3 rings (SSSR count). The molecule has 1 N–H and O–H groups in total. The Hall–Kier alpha value is -2.11. The van der Waals surface area contributed by atoms with Gasteiger partial charge < -0.3 is 15.0 Å². The minimum absolute atomic E-state index is 0. The Morgan fingerprint density at radius 1 is 1.22 bits per heavy atom. The molecule has 1 heterocycles. The molecule has 1 atom stereocenters. The van der Waals surface area contributed by atoms with Crippen LogP contribution < -0.4 is 10.1 Å². The lowest BCUT2D eigenvalue weighted by Crippen LogP contribution is -2.49. The monoisotopic (exact) mass is 392 g/mol. The molecule has 1 aliphatic rings. The first-order chi connectivity index (χ1) is 12.6. The van der Waals surface area contributed by atoms with E-state index in [9.17, 15) is 9.18 Å². The van der Waals surface area contributed by atoms with E-state index in [0.717, 1.165) is 25.1 Å². The summed E-state index contributed by atoms with van der Waals surface area (Å²) in [6, 6.07) is 13.1. The van der Waals surface area contributed by atoms with Gasteiger partial charge in [-0.3, -0.25) is 4.79 Å². The number of hydrogen-bond donors (Lipinski definition) is 1. The number of carbonyl (C=O) groups is 1. The summed E-state index contributed by atoms with van der Waals surface area (Å²) in [4.78, 5) is 14.8. The lowest BCUT2D eigenvalue weighted by Gasteiger charge is -2.36. The number of amides is 1. The first-order valence-electron chi connectivity index (χ1n) is 9.03. The quantitative estimate of drug-likeness (QED) is 0.846. The molecule has 0 bridgehead atoms. The van der Waals surface area contributed by atoms with Gasteiger partial charge in [0.15, 0.2) is 11.6 Å². The van der Waals surface area contributed by atoms with Crippen molar-refractivity contribution in [1.82, 2.24) is 10.2 Å². The molecular formula is C21H26ClFN2O2. The summed E-state index contributed by atoms with van der Waals surface area (Å²) in [6.45, 7) is 4.28. The smallest absolute Gasteiger partial charge is 0.227 e. The minimum atomic E-state index is -0.440. The zero-order valence-electron chi connectivity index (χ0n) is 15.7. The van der Waals surface area contributed by atoms with Gasteiger partial charge in [0.2, 0.25) is 5.91 Å². The summed E-state index contributed by atoms with van der Waals surface area (Å²) in [5.74, 6) is -0.234. The van der Waals surface area contributed by atoms with Crippen molar-refractivity contribution in [1.29, 1.82) is 0 Å². The molecule has 0 spiro atoms. The Morgan fingerprint density at radius 3 is 2.56 bits per heavy atom. The fourth-order valence-corrected chi connectivity index (χ4v) is 3.37. The van der Waals surface area contributed by atoms with E-state index in [-0.39, 0.29) is 36.5 Å². The Bertz CT molecular complexity index is 767. The third-order valence-electron chi connectivity index (χ3n) is 4.91. The van der Waals surface area contributed by atoms with Gasteiger partial charge in [-0.25, -0.2) is 4.39 Å². The van der Waals surface area contributed by atoms with Gasteiger partial charge in [0.05, 0.1) is 19.6 Å². The van der Waals surface area contributed by atoms with E-state index in [1.54, 1.807) is 12.1 Å². The van der Waals surface area contributed by atoms with Gasteiger partial charge in [-0.1, -0.05) is 37.3 Å². The molecule has 0 saturated carbocycles. The zero-order chi connectivity index (χ0) is 18.5. The van der Waals surface area contributed by atoms with E-state index in [1.165, 1.54) is 18.7 Å². The van der Waals surface area contributed by atoms with Crippen molar-refractivity contribution in [3.8, 4) is 5.75 Å². The van der Waals surface area contributed by atoms with E-state index in [1.807, 2.05) is 4.90 Å². The number of nitrogens with zero attached hydrogens (tertiary/aromatic N) is 1.